The summed E-state index contributed by atoms with van der Waals surface area (Å²) >= 11 is 0. The topological polar surface area (TPSA) is 24.7 Å². The Morgan fingerprint density at radius 1 is 0.333 bits per heavy atom. The summed E-state index contributed by atoms with van der Waals surface area (Å²) in [7, 11) is 0. The van der Waals surface area contributed by atoms with Crippen molar-refractivity contribution in [1.82, 2.24) is 0 Å². The zero-order valence-corrected chi connectivity index (χ0v) is 45.2. The standard InChI is InChI=1S/C64H110N2/c1-7-13-19-20-21-22-23-24-25-26-27-28-29-30-31-32-33-34-35-36-37-38-39-40-41-42-43-44-50-64(66-62-54-52-58(46-15-9-3)60(56-62)48-17-11-5)63(49-18-12-6)65-61-53-51-57(45-14-8-2)59(55-61)47-16-10-4/h44,50-56H,7-43,45-49H2,1-6H3. The minimum atomic E-state index is 0.957. The lowest BCUT2D eigenvalue weighted by molar-refractivity contribution is 0.515. The fraction of sp³-hybridized carbons (Fsp3) is 0.750. The number of aryl methyl sites for hydroxylation is 4. The number of nitrogens with zero attached hydrogens (tertiary/aromatic N) is 2. The minimum absolute atomic E-state index is 0.957. The third-order valence-corrected chi connectivity index (χ3v) is 14.2. The molecule has 0 heterocycles. The summed E-state index contributed by atoms with van der Waals surface area (Å²) < 4.78 is 0. The minimum Gasteiger partial charge on any atom is -0.251 e. The van der Waals surface area contributed by atoms with Crippen LogP contribution in [0, 0.1) is 0 Å². The SMILES string of the molecule is CCCCCCCCCCCCCCCCCCCCCCCCCCCCC=CC(=Nc1ccc(CCCC)c(CCCC)c1)C(CCCC)=Nc1ccc(CCCC)c(CCCC)c1. The molecule has 0 aromatic heterocycles. The van der Waals surface area contributed by atoms with Crippen molar-refractivity contribution in [3.8, 4) is 0 Å². The molecule has 2 aromatic rings. The molecular weight excluding hydrogens is 797 g/mol. The zero-order valence-electron chi connectivity index (χ0n) is 45.2. The van der Waals surface area contributed by atoms with Gasteiger partial charge in [-0.15, -0.1) is 0 Å². The van der Waals surface area contributed by atoms with Crippen LogP contribution in [0.25, 0.3) is 0 Å². The molecule has 0 amide bonds. The van der Waals surface area contributed by atoms with E-state index in [1.165, 1.54) is 253 Å². The van der Waals surface area contributed by atoms with E-state index in [9.17, 15) is 0 Å². The second-order valence-corrected chi connectivity index (χ2v) is 20.5. The van der Waals surface area contributed by atoms with Gasteiger partial charge in [-0.05, 0) is 130 Å². The predicted molar refractivity (Wildman–Crippen MR) is 301 cm³/mol. The highest BCUT2D eigenvalue weighted by Crippen LogP contribution is 2.26. The van der Waals surface area contributed by atoms with Gasteiger partial charge < -0.3 is 0 Å². The highest BCUT2D eigenvalue weighted by atomic mass is 14.8. The van der Waals surface area contributed by atoms with Gasteiger partial charge in [0.1, 0.15) is 0 Å². The van der Waals surface area contributed by atoms with E-state index >= 15 is 0 Å². The molecule has 2 nitrogen and oxygen atoms in total. The fourth-order valence-corrected chi connectivity index (χ4v) is 9.64. The summed E-state index contributed by atoms with van der Waals surface area (Å²) in [5, 5.41) is 0. The number of aliphatic imine (C=N–C) groups is 2. The Morgan fingerprint density at radius 3 is 1.02 bits per heavy atom. The maximum atomic E-state index is 5.47. The van der Waals surface area contributed by atoms with Crippen LogP contribution in [0.3, 0.4) is 0 Å². The quantitative estimate of drug-likeness (QED) is 0.0467. The van der Waals surface area contributed by atoms with Gasteiger partial charge in [-0.2, -0.15) is 0 Å². The molecule has 376 valence electrons. The van der Waals surface area contributed by atoms with Gasteiger partial charge in [-0.25, -0.2) is 4.99 Å². The molecule has 0 saturated heterocycles. The zero-order chi connectivity index (χ0) is 47.4. The Hall–Kier alpha value is -2.48. The number of hydrogen-bond donors (Lipinski definition) is 0. The Kier molecular flexibility index (Phi) is 39.6. The van der Waals surface area contributed by atoms with E-state index in [0.29, 0.717) is 0 Å². The first-order valence-corrected chi connectivity index (χ1v) is 29.7. The number of benzene rings is 2. The van der Waals surface area contributed by atoms with Gasteiger partial charge in [0.2, 0.25) is 0 Å². The Balaban J connectivity index is 1.84. The van der Waals surface area contributed by atoms with E-state index in [1.54, 1.807) is 0 Å². The molecule has 2 heteroatoms. The molecule has 0 saturated carbocycles. The molecule has 0 spiro atoms. The van der Waals surface area contributed by atoms with Crippen LogP contribution in [0.1, 0.15) is 308 Å². The van der Waals surface area contributed by atoms with Crippen molar-refractivity contribution in [2.24, 2.45) is 9.98 Å². The molecule has 0 aliphatic carbocycles. The molecule has 0 aliphatic heterocycles. The summed E-state index contributed by atoms with van der Waals surface area (Å²) in [5.41, 5.74) is 10.4. The van der Waals surface area contributed by atoms with E-state index in [2.05, 4.69) is 90.1 Å². The molecule has 0 atom stereocenters. The molecule has 0 radical (unpaired) electrons. The lowest BCUT2D eigenvalue weighted by atomic mass is 9.97. The van der Waals surface area contributed by atoms with Gasteiger partial charge in [0, 0.05) is 0 Å². The van der Waals surface area contributed by atoms with Crippen molar-refractivity contribution in [1.29, 1.82) is 0 Å². The molecule has 0 bridgehead atoms. The Labute approximate surface area is 413 Å². The van der Waals surface area contributed by atoms with Crippen LogP contribution >= 0.6 is 0 Å². The van der Waals surface area contributed by atoms with Gasteiger partial charge in [0.25, 0.3) is 0 Å². The van der Waals surface area contributed by atoms with Gasteiger partial charge >= 0.3 is 0 Å². The number of hydrogen-bond acceptors (Lipinski definition) is 2. The Bertz CT molecular complexity index is 1490. The molecule has 2 rings (SSSR count). The highest BCUT2D eigenvalue weighted by molar-refractivity contribution is 6.47. The summed E-state index contributed by atoms with van der Waals surface area (Å²) in [4.78, 5) is 10.9. The van der Waals surface area contributed by atoms with Gasteiger partial charge in [0.15, 0.2) is 0 Å². The molecule has 2 aromatic carbocycles. The summed E-state index contributed by atoms with van der Waals surface area (Å²) in [6, 6.07) is 14.1. The summed E-state index contributed by atoms with van der Waals surface area (Å²) in [5.74, 6) is 0. The third kappa shape index (κ3) is 30.8. The van der Waals surface area contributed by atoms with Crippen molar-refractivity contribution in [3.05, 3.63) is 70.8 Å². The lowest BCUT2D eigenvalue weighted by Gasteiger charge is -2.13. The summed E-state index contributed by atoms with van der Waals surface area (Å²) in [6.45, 7) is 13.8. The first-order chi connectivity index (χ1) is 32.6. The normalized spacial score (nSPS) is 12.3. The number of allylic oxidation sites excluding steroid dienone is 2. The largest absolute Gasteiger partial charge is 0.251 e. The number of unbranched alkanes of at least 4 members (excludes halogenated alkanes) is 31. The van der Waals surface area contributed by atoms with Gasteiger partial charge in [-0.1, -0.05) is 252 Å². The molecule has 0 aliphatic rings. The fourth-order valence-electron chi connectivity index (χ4n) is 9.64. The highest BCUT2D eigenvalue weighted by Gasteiger charge is 2.12. The van der Waals surface area contributed by atoms with Crippen LogP contribution in [0.5, 0.6) is 0 Å². The van der Waals surface area contributed by atoms with E-state index in [4.69, 9.17) is 9.98 Å². The average Bonchev–Trinajstić information content (AvgIpc) is 3.33. The van der Waals surface area contributed by atoms with Crippen LogP contribution in [0.4, 0.5) is 11.4 Å². The van der Waals surface area contributed by atoms with Crippen molar-refractivity contribution >= 4 is 22.8 Å². The maximum absolute atomic E-state index is 5.47. The van der Waals surface area contributed by atoms with Crippen molar-refractivity contribution in [3.63, 3.8) is 0 Å². The lowest BCUT2D eigenvalue weighted by Crippen LogP contribution is -2.12. The molecule has 0 unspecified atom stereocenters. The second-order valence-electron chi connectivity index (χ2n) is 20.5. The van der Waals surface area contributed by atoms with Crippen LogP contribution in [0.15, 0.2) is 58.5 Å². The average molecular weight is 908 g/mol. The monoisotopic (exact) mass is 907 g/mol. The first kappa shape index (κ1) is 59.6. The van der Waals surface area contributed by atoms with Crippen LogP contribution in [0.2, 0.25) is 0 Å². The van der Waals surface area contributed by atoms with Crippen LogP contribution in [-0.2, 0) is 25.7 Å². The van der Waals surface area contributed by atoms with Crippen LogP contribution < -0.4 is 0 Å². The smallest absolute Gasteiger partial charge is 0.0848 e. The first-order valence-electron chi connectivity index (χ1n) is 29.7. The van der Waals surface area contributed by atoms with Crippen LogP contribution in [-0.4, -0.2) is 11.4 Å². The number of rotatable bonds is 46. The summed E-state index contributed by atoms with van der Waals surface area (Å²) in [6.07, 6.45) is 61.0. The van der Waals surface area contributed by atoms with Gasteiger partial charge in [0.05, 0.1) is 22.8 Å². The van der Waals surface area contributed by atoms with E-state index < -0.39 is 0 Å². The maximum Gasteiger partial charge on any atom is 0.0848 e. The van der Waals surface area contributed by atoms with Crippen molar-refractivity contribution < 1.29 is 0 Å². The van der Waals surface area contributed by atoms with E-state index in [0.717, 1.165) is 61.3 Å². The molecule has 0 N–H and O–H groups in total. The molecular formula is C64H110N2. The Morgan fingerprint density at radius 2 is 0.652 bits per heavy atom. The predicted octanol–water partition coefficient (Wildman–Crippen LogP) is 22.2. The van der Waals surface area contributed by atoms with Crippen molar-refractivity contribution in [2.45, 2.75) is 311 Å². The third-order valence-electron chi connectivity index (χ3n) is 14.2. The van der Waals surface area contributed by atoms with Crippen molar-refractivity contribution in [2.75, 3.05) is 0 Å². The van der Waals surface area contributed by atoms with Gasteiger partial charge in [-0.3, -0.25) is 4.99 Å². The molecule has 0 fully saturated rings. The molecule has 66 heavy (non-hydrogen) atoms. The second kappa shape index (κ2) is 43.8. The van der Waals surface area contributed by atoms with E-state index in [-0.39, 0.29) is 0 Å². The van der Waals surface area contributed by atoms with E-state index in [1.807, 2.05) is 0 Å².